The molecule has 3 N–H and O–H groups in total. The number of phosphoric acid groups is 1. The van der Waals surface area contributed by atoms with Gasteiger partial charge in [0.2, 0.25) is 0 Å². The second-order valence-corrected chi connectivity index (χ2v) is 16.4. The zero-order valence-corrected chi connectivity index (χ0v) is 35.0. The lowest BCUT2D eigenvalue weighted by Crippen LogP contribution is -2.29. The van der Waals surface area contributed by atoms with E-state index in [1.54, 1.807) is 0 Å². The molecule has 52 heavy (non-hydrogen) atoms. The number of esters is 2. The first kappa shape index (κ1) is 51.0. The van der Waals surface area contributed by atoms with Crippen LogP contribution in [0.2, 0.25) is 0 Å². The Balaban J connectivity index is 4.01. The van der Waals surface area contributed by atoms with Crippen molar-refractivity contribution in [2.75, 3.05) is 26.4 Å². The Kier molecular flexibility index (Phi) is 38.9. The smallest absolute Gasteiger partial charge is 0.462 e. The predicted molar refractivity (Wildman–Crippen MR) is 215 cm³/mol. The van der Waals surface area contributed by atoms with E-state index in [1.807, 2.05) is 0 Å². The van der Waals surface area contributed by atoms with E-state index < -0.39 is 26.5 Å². The molecule has 1 unspecified atom stereocenters. The molecule has 0 spiro atoms. The largest absolute Gasteiger partial charge is 0.472 e. The second kappa shape index (κ2) is 39.7. The minimum atomic E-state index is -4.36. The molecule has 310 valence electrons. The molecule has 0 bridgehead atoms. The monoisotopic (exact) mass is 762 g/mol. The van der Waals surface area contributed by atoms with E-state index in [9.17, 15) is 19.0 Å². The van der Waals surface area contributed by atoms with Gasteiger partial charge in [-0.25, -0.2) is 4.57 Å². The van der Waals surface area contributed by atoms with E-state index in [2.05, 4.69) is 13.8 Å². The van der Waals surface area contributed by atoms with Crippen LogP contribution in [0.3, 0.4) is 0 Å². The van der Waals surface area contributed by atoms with Gasteiger partial charge in [0, 0.05) is 19.4 Å². The van der Waals surface area contributed by atoms with Crippen molar-refractivity contribution in [2.24, 2.45) is 5.73 Å². The molecule has 0 aliphatic heterocycles. The number of phosphoric ester groups is 1. The van der Waals surface area contributed by atoms with Crippen LogP contribution in [0.15, 0.2) is 0 Å². The highest BCUT2D eigenvalue weighted by Gasteiger charge is 2.26. The van der Waals surface area contributed by atoms with Crippen LogP contribution < -0.4 is 5.73 Å². The zero-order chi connectivity index (χ0) is 38.2. The molecular formula is C42H84NO8P. The van der Waals surface area contributed by atoms with Crippen molar-refractivity contribution in [3.63, 3.8) is 0 Å². The van der Waals surface area contributed by atoms with Crippen LogP contribution in [0.4, 0.5) is 0 Å². The van der Waals surface area contributed by atoms with Gasteiger partial charge in [0.25, 0.3) is 0 Å². The summed E-state index contributed by atoms with van der Waals surface area (Å²) in [6.45, 7) is 3.76. The van der Waals surface area contributed by atoms with Crippen molar-refractivity contribution >= 4 is 19.8 Å². The minimum absolute atomic E-state index is 0.0579. The number of nitrogens with two attached hydrogens (primary N) is 1. The number of ether oxygens (including phenoxy) is 2. The summed E-state index contributed by atoms with van der Waals surface area (Å²) >= 11 is 0. The third kappa shape index (κ3) is 38.7. The Hall–Kier alpha value is -0.990. The normalized spacial score (nSPS) is 13.2. The maximum absolute atomic E-state index is 12.6. The minimum Gasteiger partial charge on any atom is -0.462 e. The Morgan fingerprint density at radius 3 is 1.17 bits per heavy atom. The summed E-state index contributed by atoms with van der Waals surface area (Å²) in [6, 6.07) is 0. The first-order valence-corrected chi connectivity index (χ1v) is 23.5. The molecule has 0 rings (SSSR count). The fourth-order valence-corrected chi connectivity index (χ4v) is 7.23. The average Bonchev–Trinajstić information content (AvgIpc) is 3.13. The first-order valence-electron chi connectivity index (χ1n) is 22.0. The van der Waals surface area contributed by atoms with Crippen molar-refractivity contribution in [3.8, 4) is 0 Å². The van der Waals surface area contributed by atoms with Crippen LogP contribution >= 0.6 is 7.82 Å². The van der Waals surface area contributed by atoms with Crippen molar-refractivity contribution in [2.45, 2.75) is 232 Å². The number of hydrogen-bond donors (Lipinski definition) is 2. The number of carbonyl (C=O) groups is 2. The lowest BCUT2D eigenvalue weighted by Gasteiger charge is -2.19. The van der Waals surface area contributed by atoms with Gasteiger partial charge in [-0.2, -0.15) is 0 Å². The van der Waals surface area contributed by atoms with Crippen molar-refractivity contribution in [3.05, 3.63) is 0 Å². The number of unbranched alkanes of at least 4 members (excludes halogenated alkanes) is 29. The summed E-state index contributed by atoms with van der Waals surface area (Å²) in [5, 5.41) is 0. The molecule has 2 atom stereocenters. The lowest BCUT2D eigenvalue weighted by atomic mass is 10.0. The molecule has 9 nitrogen and oxygen atoms in total. The van der Waals surface area contributed by atoms with Crippen molar-refractivity contribution < 1.29 is 37.6 Å². The summed E-state index contributed by atoms with van der Waals surface area (Å²) in [6.07, 6.45) is 38.6. The predicted octanol–water partition coefficient (Wildman–Crippen LogP) is 12.4. The molecule has 0 aromatic rings. The first-order chi connectivity index (χ1) is 25.3. The standard InChI is InChI=1S/C42H84NO8P/c1-3-5-7-9-11-13-15-16-17-18-19-20-21-22-23-24-25-27-29-31-33-35-42(45)51-40(39-50-52(46,47)49-37-36-43)38-48-41(44)34-32-30-28-26-14-12-10-8-6-4-2/h40H,3-39,43H2,1-2H3,(H,46,47)/t40-/m1/s1. The fourth-order valence-electron chi connectivity index (χ4n) is 6.46. The Bertz CT molecular complexity index is 830. The van der Waals surface area contributed by atoms with Gasteiger partial charge in [-0.3, -0.25) is 18.6 Å². The molecule has 0 fully saturated rings. The van der Waals surface area contributed by atoms with Gasteiger partial charge in [-0.15, -0.1) is 0 Å². The van der Waals surface area contributed by atoms with Gasteiger partial charge in [0.1, 0.15) is 6.61 Å². The summed E-state index contributed by atoms with van der Waals surface area (Å²) in [4.78, 5) is 34.8. The molecule has 0 saturated carbocycles. The van der Waals surface area contributed by atoms with Crippen LogP contribution in [-0.4, -0.2) is 49.3 Å². The quantitative estimate of drug-likeness (QED) is 0.0354. The van der Waals surface area contributed by atoms with Gasteiger partial charge in [0.15, 0.2) is 6.10 Å². The van der Waals surface area contributed by atoms with Gasteiger partial charge >= 0.3 is 19.8 Å². The van der Waals surface area contributed by atoms with Crippen LogP contribution in [0.5, 0.6) is 0 Å². The highest BCUT2D eigenvalue weighted by molar-refractivity contribution is 7.47. The zero-order valence-electron chi connectivity index (χ0n) is 34.1. The van der Waals surface area contributed by atoms with E-state index in [1.165, 1.54) is 161 Å². The van der Waals surface area contributed by atoms with E-state index in [0.717, 1.165) is 32.1 Å². The SMILES string of the molecule is CCCCCCCCCCCCCCCCCCCCCCCC(=O)O[C@H](COC(=O)CCCCCCCCCCCC)COP(=O)(O)OCCN. The third-order valence-electron chi connectivity index (χ3n) is 9.74. The van der Waals surface area contributed by atoms with Crippen LogP contribution in [0.25, 0.3) is 0 Å². The Labute approximate surface area is 320 Å². The fraction of sp³-hybridized carbons (Fsp3) is 0.952. The van der Waals surface area contributed by atoms with Crippen LogP contribution in [0, 0.1) is 0 Å². The van der Waals surface area contributed by atoms with Gasteiger partial charge in [0.05, 0.1) is 13.2 Å². The topological polar surface area (TPSA) is 134 Å². The van der Waals surface area contributed by atoms with E-state index in [4.69, 9.17) is 24.3 Å². The summed E-state index contributed by atoms with van der Waals surface area (Å²) in [5.41, 5.74) is 5.34. The molecule has 0 heterocycles. The lowest BCUT2D eigenvalue weighted by molar-refractivity contribution is -0.161. The summed E-state index contributed by atoms with van der Waals surface area (Å²) in [5.74, 6) is -0.815. The Morgan fingerprint density at radius 2 is 0.827 bits per heavy atom. The second-order valence-electron chi connectivity index (χ2n) is 14.9. The van der Waals surface area contributed by atoms with Crippen molar-refractivity contribution in [1.82, 2.24) is 0 Å². The number of carbonyl (C=O) groups excluding carboxylic acids is 2. The molecule has 0 aromatic heterocycles. The molecule has 0 aromatic carbocycles. The summed E-state index contributed by atoms with van der Waals surface area (Å²) < 4.78 is 32.7. The van der Waals surface area contributed by atoms with E-state index in [0.29, 0.717) is 6.42 Å². The summed E-state index contributed by atoms with van der Waals surface area (Å²) in [7, 11) is -4.36. The van der Waals surface area contributed by atoms with Gasteiger partial charge < -0.3 is 20.1 Å². The average molecular weight is 762 g/mol. The molecule has 0 amide bonds. The highest BCUT2D eigenvalue weighted by atomic mass is 31.2. The molecule has 0 aliphatic carbocycles. The third-order valence-corrected chi connectivity index (χ3v) is 10.7. The maximum atomic E-state index is 12.6. The Morgan fingerprint density at radius 1 is 0.500 bits per heavy atom. The molecule has 0 aliphatic rings. The molecular weight excluding hydrogens is 677 g/mol. The van der Waals surface area contributed by atoms with Crippen LogP contribution in [-0.2, 0) is 32.7 Å². The van der Waals surface area contributed by atoms with Gasteiger partial charge in [-0.05, 0) is 12.8 Å². The molecule has 10 heteroatoms. The molecule has 0 radical (unpaired) electrons. The maximum Gasteiger partial charge on any atom is 0.472 e. The number of rotatable bonds is 42. The number of hydrogen-bond acceptors (Lipinski definition) is 8. The van der Waals surface area contributed by atoms with E-state index >= 15 is 0 Å². The highest BCUT2D eigenvalue weighted by Crippen LogP contribution is 2.43. The molecule has 0 saturated heterocycles. The van der Waals surface area contributed by atoms with Gasteiger partial charge in [-0.1, -0.05) is 200 Å². The van der Waals surface area contributed by atoms with Crippen LogP contribution in [0.1, 0.15) is 226 Å². The van der Waals surface area contributed by atoms with E-state index in [-0.39, 0.29) is 38.6 Å². The van der Waals surface area contributed by atoms with Crippen molar-refractivity contribution in [1.29, 1.82) is 0 Å².